The summed E-state index contributed by atoms with van der Waals surface area (Å²) in [4.78, 5) is 44.8. The zero-order valence-electron chi connectivity index (χ0n) is 28.5. The molecule has 3 aromatic heterocycles. The number of aryl methyl sites for hydroxylation is 1. The molecular weight excluding hydrogens is 650 g/mol. The van der Waals surface area contributed by atoms with Crippen molar-refractivity contribution in [2.45, 2.75) is 108 Å². The van der Waals surface area contributed by atoms with E-state index in [9.17, 15) is 14.4 Å². The summed E-state index contributed by atoms with van der Waals surface area (Å²) >= 11 is 1.26. The average molecular weight is 694 g/mol. The molecule has 14 heteroatoms. The third kappa shape index (κ3) is 6.46. The molecule has 7 rings (SSSR count). The normalized spacial score (nSPS) is 21.9. The number of methoxy groups -OCH3 is 1. The van der Waals surface area contributed by atoms with Gasteiger partial charge in [0.15, 0.2) is 5.54 Å². The number of nitrogens with zero attached hydrogens (tertiary/aromatic N) is 5. The zero-order chi connectivity index (χ0) is 34.5. The highest BCUT2D eigenvalue weighted by Crippen LogP contribution is 2.45. The smallest absolute Gasteiger partial charge is 0.333 e. The molecule has 0 amide bonds. The number of esters is 1. The second kappa shape index (κ2) is 13.1. The van der Waals surface area contributed by atoms with Crippen molar-refractivity contribution in [2.24, 2.45) is 0 Å². The fraction of sp³-hybridized carbons (Fsp3) is 0.571. The van der Waals surface area contributed by atoms with E-state index in [-0.39, 0.29) is 24.9 Å². The molecule has 13 nitrogen and oxygen atoms in total. The number of rotatable bonds is 12. The third-order valence-electron chi connectivity index (χ3n) is 9.48. The number of carbonyl (C=O) groups excluding carboxylic acids is 1. The van der Waals surface area contributed by atoms with Gasteiger partial charge in [-0.05, 0) is 72.3 Å². The first kappa shape index (κ1) is 33.6. The van der Waals surface area contributed by atoms with Crippen molar-refractivity contribution < 1.29 is 28.5 Å². The van der Waals surface area contributed by atoms with Crippen LogP contribution in [0.15, 0.2) is 46.2 Å². The molecule has 2 bridgehead atoms. The van der Waals surface area contributed by atoms with Crippen molar-refractivity contribution in [3.8, 4) is 10.8 Å². The standard InChI is InChI=1S/C35H43N5O8S/c1-21-28-29(41)39(35(12-13-35)32(42)48-34(2,3)4)33(43)38(31(28)49-30(21)40-36-14-15-37-40)20-27(47-24-18-22-10-11-23(19-24)46-22)25-8-6-7-9-26(25)45-17-16-44-5/h6-9,14-15,22-24,27H,10-13,16-20H2,1-5H3/t22-,23+,24?,27?. The molecule has 2 aliphatic heterocycles. The lowest BCUT2D eigenvalue weighted by Gasteiger charge is -2.33. The summed E-state index contributed by atoms with van der Waals surface area (Å²) in [7, 11) is 1.62. The maximum Gasteiger partial charge on any atom is 0.333 e. The Hall–Kier alpha value is -3.85. The van der Waals surface area contributed by atoms with Crippen LogP contribution in [0.4, 0.5) is 0 Å². The predicted octanol–water partition coefficient (Wildman–Crippen LogP) is 4.44. The third-order valence-corrected chi connectivity index (χ3v) is 10.8. The minimum absolute atomic E-state index is 0.0588. The summed E-state index contributed by atoms with van der Waals surface area (Å²) in [6, 6.07) is 7.64. The van der Waals surface area contributed by atoms with Gasteiger partial charge in [-0.25, -0.2) is 14.2 Å². The molecule has 2 saturated heterocycles. The minimum atomic E-state index is -1.40. The molecule has 5 heterocycles. The van der Waals surface area contributed by atoms with Crippen LogP contribution in [0.5, 0.6) is 5.75 Å². The van der Waals surface area contributed by atoms with E-state index in [1.165, 1.54) is 16.1 Å². The number of aromatic nitrogens is 5. The molecule has 1 saturated carbocycles. The largest absolute Gasteiger partial charge is 0.491 e. The summed E-state index contributed by atoms with van der Waals surface area (Å²) in [5.41, 5.74) is -1.94. The molecule has 0 radical (unpaired) electrons. The fourth-order valence-electron chi connectivity index (χ4n) is 7.04. The molecule has 0 spiro atoms. The maximum absolute atomic E-state index is 14.8. The van der Waals surface area contributed by atoms with Gasteiger partial charge < -0.3 is 23.7 Å². The van der Waals surface area contributed by atoms with E-state index in [2.05, 4.69) is 10.2 Å². The molecule has 4 aromatic rings. The topological polar surface area (TPSA) is 138 Å². The molecule has 4 atom stereocenters. The number of fused-ring (bicyclic) bond motifs is 3. The van der Waals surface area contributed by atoms with Crippen molar-refractivity contribution in [1.29, 1.82) is 0 Å². The Kier molecular flexibility index (Phi) is 9.01. The summed E-state index contributed by atoms with van der Waals surface area (Å²) in [6.07, 6.45) is 6.79. The van der Waals surface area contributed by atoms with Crippen LogP contribution >= 0.6 is 11.3 Å². The number of carbonyl (C=O) groups is 1. The monoisotopic (exact) mass is 693 g/mol. The summed E-state index contributed by atoms with van der Waals surface area (Å²) in [5.74, 6) is 0.0303. The zero-order valence-corrected chi connectivity index (χ0v) is 29.4. The second-order valence-corrected chi connectivity index (χ2v) is 15.1. The fourth-order valence-corrected chi connectivity index (χ4v) is 8.26. The van der Waals surface area contributed by atoms with Gasteiger partial charge in [0.25, 0.3) is 5.56 Å². The molecule has 0 N–H and O–H groups in total. The SMILES string of the molecule is COCCOc1ccccc1C(Cn1c(=O)n(C2(C(=O)OC(C)(C)C)CC2)c(=O)c2c(C)c(-n3nccn3)sc21)OC1C[C@H]2CC[C@@H](C1)O2. The molecule has 262 valence electrons. The van der Waals surface area contributed by atoms with E-state index in [1.807, 2.05) is 31.2 Å². The summed E-state index contributed by atoms with van der Waals surface area (Å²) < 4.78 is 32.9. The van der Waals surface area contributed by atoms with Crippen molar-refractivity contribution in [3.63, 3.8) is 0 Å². The Morgan fingerprint density at radius 1 is 1.08 bits per heavy atom. The molecular formula is C35H43N5O8S. The number of para-hydroxylation sites is 1. The van der Waals surface area contributed by atoms with Crippen LogP contribution in [0.3, 0.4) is 0 Å². The Morgan fingerprint density at radius 2 is 1.78 bits per heavy atom. The number of ether oxygens (including phenoxy) is 5. The number of benzene rings is 1. The first-order valence-corrected chi connectivity index (χ1v) is 17.7. The molecule has 3 fully saturated rings. The number of hydrogen-bond acceptors (Lipinski definition) is 11. The van der Waals surface area contributed by atoms with Crippen LogP contribution in [-0.4, -0.2) is 74.3 Å². The van der Waals surface area contributed by atoms with Crippen LogP contribution in [0, 0.1) is 6.92 Å². The van der Waals surface area contributed by atoms with Crippen LogP contribution in [0.1, 0.15) is 76.5 Å². The molecule has 1 aliphatic carbocycles. The average Bonchev–Trinajstić information content (AvgIpc) is 3.33. The van der Waals surface area contributed by atoms with E-state index in [0.717, 1.165) is 35.8 Å². The number of hydrogen-bond donors (Lipinski definition) is 0. The van der Waals surface area contributed by atoms with Crippen molar-refractivity contribution in [2.75, 3.05) is 20.3 Å². The molecule has 2 unspecified atom stereocenters. The first-order valence-electron chi connectivity index (χ1n) is 16.9. The number of thiophene rings is 1. The van der Waals surface area contributed by atoms with Crippen LogP contribution in [0.2, 0.25) is 0 Å². The highest BCUT2D eigenvalue weighted by Gasteiger charge is 2.56. The van der Waals surface area contributed by atoms with Gasteiger partial charge >= 0.3 is 11.7 Å². The van der Waals surface area contributed by atoms with E-state index < -0.39 is 34.5 Å². The predicted molar refractivity (Wildman–Crippen MR) is 182 cm³/mol. The molecule has 3 aliphatic rings. The Bertz CT molecular complexity index is 1940. The van der Waals surface area contributed by atoms with Crippen LogP contribution in [-0.2, 0) is 35.8 Å². The van der Waals surface area contributed by atoms with Gasteiger partial charge in [-0.3, -0.25) is 9.36 Å². The first-order chi connectivity index (χ1) is 23.5. The van der Waals surface area contributed by atoms with E-state index in [4.69, 9.17) is 23.7 Å². The lowest BCUT2D eigenvalue weighted by atomic mass is 10.0. The van der Waals surface area contributed by atoms with Gasteiger partial charge in [0.2, 0.25) is 0 Å². The molecule has 49 heavy (non-hydrogen) atoms. The van der Waals surface area contributed by atoms with Crippen molar-refractivity contribution in [1.82, 2.24) is 24.1 Å². The van der Waals surface area contributed by atoms with Gasteiger partial charge in [0, 0.05) is 18.2 Å². The summed E-state index contributed by atoms with van der Waals surface area (Å²) in [6.45, 7) is 7.93. The lowest BCUT2D eigenvalue weighted by Crippen LogP contribution is -2.50. The Morgan fingerprint density at radius 3 is 2.43 bits per heavy atom. The second-order valence-electron chi connectivity index (χ2n) is 14.2. The van der Waals surface area contributed by atoms with Gasteiger partial charge in [0.1, 0.15) is 33.9 Å². The van der Waals surface area contributed by atoms with Gasteiger partial charge in [-0.15, -0.1) is 4.80 Å². The Balaban J connectivity index is 1.39. The highest BCUT2D eigenvalue weighted by atomic mass is 32.1. The van der Waals surface area contributed by atoms with E-state index in [1.54, 1.807) is 44.8 Å². The van der Waals surface area contributed by atoms with Crippen LogP contribution in [0.25, 0.3) is 15.2 Å². The quantitative estimate of drug-likeness (QED) is 0.155. The van der Waals surface area contributed by atoms with E-state index >= 15 is 0 Å². The maximum atomic E-state index is 14.8. The molecule has 1 aromatic carbocycles. The van der Waals surface area contributed by atoms with Gasteiger partial charge in [-0.1, -0.05) is 29.5 Å². The van der Waals surface area contributed by atoms with Gasteiger partial charge in [-0.2, -0.15) is 10.2 Å². The van der Waals surface area contributed by atoms with E-state index in [0.29, 0.717) is 52.6 Å². The minimum Gasteiger partial charge on any atom is -0.491 e. The van der Waals surface area contributed by atoms with Gasteiger partial charge in [0.05, 0.1) is 49.2 Å². The summed E-state index contributed by atoms with van der Waals surface area (Å²) in [5, 5.41) is 9.56. The van der Waals surface area contributed by atoms with Crippen LogP contribution < -0.4 is 16.0 Å². The van der Waals surface area contributed by atoms with Crippen molar-refractivity contribution >= 4 is 27.5 Å². The Labute approximate surface area is 287 Å². The lowest BCUT2D eigenvalue weighted by molar-refractivity contribution is -0.161. The highest BCUT2D eigenvalue weighted by molar-refractivity contribution is 7.21. The van der Waals surface area contributed by atoms with Crippen molar-refractivity contribution in [3.05, 3.63) is 68.6 Å².